The van der Waals surface area contributed by atoms with Gasteiger partial charge in [0.05, 0.1) is 12.1 Å². The van der Waals surface area contributed by atoms with Gasteiger partial charge in [0.15, 0.2) is 0 Å². The molecule has 0 fully saturated rings. The van der Waals surface area contributed by atoms with Crippen LogP contribution in [-0.4, -0.2) is 11.9 Å². The van der Waals surface area contributed by atoms with Gasteiger partial charge in [-0.3, -0.25) is 4.79 Å². The Labute approximate surface area is 114 Å². The van der Waals surface area contributed by atoms with Crippen LogP contribution in [0, 0.1) is 5.92 Å². The van der Waals surface area contributed by atoms with Crippen molar-refractivity contribution in [2.24, 2.45) is 11.7 Å². The van der Waals surface area contributed by atoms with Crippen LogP contribution < -0.4 is 11.1 Å². The largest absolute Gasteiger partial charge is 0.348 e. The van der Waals surface area contributed by atoms with E-state index in [4.69, 9.17) is 17.3 Å². The summed E-state index contributed by atoms with van der Waals surface area (Å²) in [7, 11) is 0. The molecule has 100 valence electrons. The Morgan fingerprint density at radius 1 is 1.39 bits per heavy atom. The number of halogens is 1. The number of amides is 1. The van der Waals surface area contributed by atoms with E-state index >= 15 is 0 Å². The van der Waals surface area contributed by atoms with Crippen molar-refractivity contribution < 1.29 is 4.79 Å². The molecule has 1 amide bonds. The Bertz CT molecular complexity index is 407. The Morgan fingerprint density at radius 2 is 2.06 bits per heavy atom. The lowest BCUT2D eigenvalue weighted by Gasteiger charge is -2.19. The molecule has 0 aliphatic carbocycles. The van der Waals surface area contributed by atoms with Crippen molar-refractivity contribution in [3.05, 3.63) is 34.9 Å². The standard InChI is InChI=1S/C14H21ClN2O/c1-9(2)7-13(16)14(18)17-10(3)11-5-4-6-12(15)8-11/h4-6,8-10,13H,7,16H2,1-3H3,(H,17,18)/t10-,13-/m1/s1. The molecule has 0 saturated carbocycles. The number of nitrogens with one attached hydrogen (secondary N) is 1. The van der Waals surface area contributed by atoms with E-state index < -0.39 is 6.04 Å². The van der Waals surface area contributed by atoms with E-state index in [1.165, 1.54) is 0 Å². The summed E-state index contributed by atoms with van der Waals surface area (Å²) in [6.45, 7) is 6.02. The van der Waals surface area contributed by atoms with Crippen molar-refractivity contribution in [1.29, 1.82) is 0 Å². The third kappa shape index (κ3) is 4.67. The molecule has 0 heterocycles. The average Bonchev–Trinajstić information content (AvgIpc) is 2.27. The van der Waals surface area contributed by atoms with Crippen LogP contribution >= 0.6 is 11.6 Å². The summed E-state index contributed by atoms with van der Waals surface area (Å²) in [5, 5.41) is 3.57. The molecule has 0 spiro atoms. The summed E-state index contributed by atoms with van der Waals surface area (Å²) < 4.78 is 0. The smallest absolute Gasteiger partial charge is 0.237 e. The maximum absolute atomic E-state index is 11.9. The lowest BCUT2D eigenvalue weighted by atomic mass is 10.0. The highest BCUT2D eigenvalue weighted by molar-refractivity contribution is 6.30. The summed E-state index contributed by atoms with van der Waals surface area (Å²) in [6.07, 6.45) is 0.689. The van der Waals surface area contributed by atoms with E-state index in [2.05, 4.69) is 5.32 Å². The predicted molar refractivity (Wildman–Crippen MR) is 75.4 cm³/mol. The molecule has 3 N–H and O–H groups in total. The predicted octanol–water partition coefficient (Wildman–Crippen LogP) is 2.89. The van der Waals surface area contributed by atoms with Crippen LogP contribution in [-0.2, 0) is 4.79 Å². The second-order valence-corrected chi connectivity index (χ2v) is 5.46. The minimum absolute atomic E-state index is 0.0885. The van der Waals surface area contributed by atoms with Gasteiger partial charge in [0.25, 0.3) is 0 Å². The van der Waals surface area contributed by atoms with E-state index in [0.29, 0.717) is 17.4 Å². The monoisotopic (exact) mass is 268 g/mol. The molecule has 0 unspecified atom stereocenters. The molecule has 0 bridgehead atoms. The van der Waals surface area contributed by atoms with Crippen molar-refractivity contribution in [3.8, 4) is 0 Å². The van der Waals surface area contributed by atoms with E-state index in [1.807, 2.05) is 45.0 Å². The highest BCUT2D eigenvalue weighted by atomic mass is 35.5. The van der Waals surface area contributed by atoms with Gasteiger partial charge >= 0.3 is 0 Å². The topological polar surface area (TPSA) is 55.1 Å². The van der Waals surface area contributed by atoms with Crippen molar-refractivity contribution in [1.82, 2.24) is 5.32 Å². The number of carbonyl (C=O) groups is 1. The lowest BCUT2D eigenvalue weighted by Crippen LogP contribution is -2.42. The first-order chi connectivity index (χ1) is 8.40. The number of benzene rings is 1. The van der Waals surface area contributed by atoms with Gasteiger partial charge in [-0.2, -0.15) is 0 Å². The van der Waals surface area contributed by atoms with E-state index in [9.17, 15) is 4.79 Å². The number of hydrogen-bond acceptors (Lipinski definition) is 2. The van der Waals surface area contributed by atoms with Crippen LogP contribution in [0.15, 0.2) is 24.3 Å². The van der Waals surface area contributed by atoms with Crippen molar-refractivity contribution in [3.63, 3.8) is 0 Å². The molecule has 0 aliphatic heterocycles. The zero-order valence-electron chi connectivity index (χ0n) is 11.1. The number of rotatable bonds is 5. The Kier molecular flexibility index (Phi) is 5.63. The summed E-state index contributed by atoms with van der Waals surface area (Å²) in [5.41, 5.74) is 6.82. The second kappa shape index (κ2) is 6.76. The fraction of sp³-hybridized carbons (Fsp3) is 0.500. The summed E-state index contributed by atoms with van der Waals surface area (Å²) in [5.74, 6) is 0.295. The fourth-order valence-corrected chi connectivity index (χ4v) is 1.99. The van der Waals surface area contributed by atoms with Crippen molar-refractivity contribution >= 4 is 17.5 Å². The van der Waals surface area contributed by atoms with Crippen LogP contribution in [0.5, 0.6) is 0 Å². The average molecular weight is 269 g/mol. The van der Waals surface area contributed by atoms with Gasteiger partial charge in [-0.15, -0.1) is 0 Å². The van der Waals surface area contributed by atoms with Gasteiger partial charge in [-0.1, -0.05) is 37.6 Å². The molecule has 4 heteroatoms. The zero-order chi connectivity index (χ0) is 13.7. The second-order valence-electron chi connectivity index (χ2n) is 5.02. The summed E-state index contributed by atoms with van der Waals surface area (Å²) >= 11 is 5.92. The first-order valence-electron chi connectivity index (χ1n) is 6.21. The molecule has 1 aromatic carbocycles. The van der Waals surface area contributed by atoms with E-state index in [0.717, 1.165) is 5.56 Å². The lowest BCUT2D eigenvalue weighted by molar-refractivity contribution is -0.123. The van der Waals surface area contributed by atoms with E-state index in [1.54, 1.807) is 0 Å². The minimum atomic E-state index is -0.452. The molecule has 0 saturated heterocycles. The third-order valence-electron chi connectivity index (χ3n) is 2.77. The number of nitrogens with two attached hydrogens (primary N) is 1. The van der Waals surface area contributed by atoms with Gasteiger partial charge in [0.2, 0.25) is 5.91 Å². The molecule has 0 radical (unpaired) electrons. The highest BCUT2D eigenvalue weighted by Gasteiger charge is 2.17. The van der Waals surface area contributed by atoms with E-state index in [-0.39, 0.29) is 11.9 Å². The minimum Gasteiger partial charge on any atom is -0.348 e. The molecule has 0 aromatic heterocycles. The fourth-order valence-electron chi connectivity index (χ4n) is 1.79. The molecule has 0 aliphatic rings. The van der Waals surface area contributed by atoms with Crippen LogP contribution in [0.25, 0.3) is 0 Å². The van der Waals surface area contributed by atoms with Crippen LogP contribution in [0.4, 0.5) is 0 Å². The molecule has 1 aromatic rings. The van der Waals surface area contributed by atoms with Gasteiger partial charge in [-0.25, -0.2) is 0 Å². The summed E-state index contributed by atoms with van der Waals surface area (Å²) in [6, 6.07) is 6.92. The molecular formula is C14H21ClN2O. The van der Waals surface area contributed by atoms with Crippen LogP contribution in [0.1, 0.15) is 38.8 Å². The van der Waals surface area contributed by atoms with Crippen LogP contribution in [0.2, 0.25) is 5.02 Å². The molecule has 2 atom stereocenters. The third-order valence-corrected chi connectivity index (χ3v) is 3.00. The molecule has 1 rings (SSSR count). The Morgan fingerprint density at radius 3 is 2.61 bits per heavy atom. The molecule has 18 heavy (non-hydrogen) atoms. The number of hydrogen-bond donors (Lipinski definition) is 2. The van der Waals surface area contributed by atoms with Crippen molar-refractivity contribution in [2.75, 3.05) is 0 Å². The Hall–Kier alpha value is -1.06. The van der Waals surface area contributed by atoms with Gasteiger partial charge in [0.1, 0.15) is 0 Å². The van der Waals surface area contributed by atoms with Gasteiger partial charge in [-0.05, 0) is 37.0 Å². The summed E-state index contributed by atoms with van der Waals surface area (Å²) in [4.78, 5) is 11.9. The maximum Gasteiger partial charge on any atom is 0.237 e. The molecule has 3 nitrogen and oxygen atoms in total. The SMILES string of the molecule is CC(C)C[C@@H](N)C(=O)N[C@H](C)c1cccc(Cl)c1. The van der Waals surface area contributed by atoms with Gasteiger partial charge in [0, 0.05) is 5.02 Å². The van der Waals surface area contributed by atoms with Crippen molar-refractivity contribution in [2.45, 2.75) is 39.3 Å². The number of carbonyl (C=O) groups excluding carboxylic acids is 1. The first kappa shape index (κ1) is 15.0. The maximum atomic E-state index is 11.9. The van der Waals surface area contributed by atoms with Gasteiger partial charge < -0.3 is 11.1 Å². The first-order valence-corrected chi connectivity index (χ1v) is 6.59. The van der Waals surface area contributed by atoms with Crippen LogP contribution in [0.3, 0.4) is 0 Å². The zero-order valence-corrected chi connectivity index (χ0v) is 11.9. The Balaban J connectivity index is 2.59. The highest BCUT2D eigenvalue weighted by Crippen LogP contribution is 2.17. The molecular weight excluding hydrogens is 248 g/mol. The quantitative estimate of drug-likeness (QED) is 0.863. The normalized spacial score (nSPS) is 14.3.